The molecule has 1 aromatic carbocycles. The number of nitrogens with zero attached hydrogens (tertiary/aromatic N) is 6. The SMILES string of the molecule is Cc1ccncc1-c1cnc2n[nH]c(-c3nc4c(-c5cc(F)cc(CCCN6CCCC6)c5)nccc4[nH]3)c2c1. The molecule has 2 N–H and O–H groups in total. The fourth-order valence-corrected chi connectivity index (χ4v) is 5.70. The predicted molar refractivity (Wildman–Crippen MR) is 154 cm³/mol. The van der Waals surface area contributed by atoms with Gasteiger partial charge in [0.25, 0.3) is 0 Å². The molecule has 0 radical (unpaired) electrons. The summed E-state index contributed by atoms with van der Waals surface area (Å²) in [5.41, 5.74) is 8.27. The van der Waals surface area contributed by atoms with Crippen LogP contribution in [0.25, 0.3) is 56.0 Å². The van der Waals surface area contributed by atoms with Gasteiger partial charge in [-0.1, -0.05) is 0 Å². The summed E-state index contributed by atoms with van der Waals surface area (Å²) in [6.45, 7) is 5.45. The molecule has 1 fully saturated rings. The van der Waals surface area contributed by atoms with Crippen molar-refractivity contribution in [2.24, 2.45) is 0 Å². The highest BCUT2D eigenvalue weighted by molar-refractivity contribution is 5.96. The monoisotopic (exact) mass is 532 g/mol. The fraction of sp³-hybridized carbons (Fsp3) is 0.258. The van der Waals surface area contributed by atoms with E-state index in [9.17, 15) is 4.39 Å². The van der Waals surface area contributed by atoms with Crippen LogP contribution in [0.5, 0.6) is 0 Å². The summed E-state index contributed by atoms with van der Waals surface area (Å²) >= 11 is 0. The van der Waals surface area contributed by atoms with Gasteiger partial charge in [0.1, 0.15) is 17.0 Å². The zero-order chi connectivity index (χ0) is 27.1. The van der Waals surface area contributed by atoms with Gasteiger partial charge in [-0.2, -0.15) is 5.10 Å². The highest BCUT2D eigenvalue weighted by Crippen LogP contribution is 2.32. The Balaban J connectivity index is 1.24. The molecule has 5 aromatic heterocycles. The van der Waals surface area contributed by atoms with Crippen molar-refractivity contribution < 1.29 is 4.39 Å². The van der Waals surface area contributed by atoms with Crippen molar-refractivity contribution >= 4 is 22.1 Å². The largest absolute Gasteiger partial charge is 0.337 e. The number of aromatic nitrogens is 7. The Hall–Kier alpha value is -4.50. The maximum Gasteiger partial charge on any atom is 0.181 e. The van der Waals surface area contributed by atoms with E-state index in [-0.39, 0.29) is 5.82 Å². The first-order valence-corrected chi connectivity index (χ1v) is 13.7. The van der Waals surface area contributed by atoms with Crippen molar-refractivity contribution in [3.8, 4) is 33.9 Å². The van der Waals surface area contributed by atoms with Crippen molar-refractivity contribution in [2.45, 2.75) is 32.6 Å². The second-order valence-electron chi connectivity index (χ2n) is 10.5. The smallest absolute Gasteiger partial charge is 0.181 e. The van der Waals surface area contributed by atoms with Gasteiger partial charge in [-0.05, 0) is 99.8 Å². The molecule has 0 bridgehead atoms. The minimum atomic E-state index is -0.257. The highest BCUT2D eigenvalue weighted by Gasteiger charge is 2.18. The van der Waals surface area contributed by atoms with Crippen LogP contribution in [-0.4, -0.2) is 59.7 Å². The van der Waals surface area contributed by atoms with Crippen LogP contribution in [-0.2, 0) is 6.42 Å². The third-order valence-corrected chi connectivity index (χ3v) is 7.77. The zero-order valence-electron chi connectivity index (χ0n) is 22.3. The van der Waals surface area contributed by atoms with Crippen LogP contribution < -0.4 is 0 Å². The summed E-state index contributed by atoms with van der Waals surface area (Å²) in [4.78, 5) is 24.3. The van der Waals surface area contributed by atoms with Crippen LogP contribution >= 0.6 is 0 Å². The van der Waals surface area contributed by atoms with Gasteiger partial charge < -0.3 is 9.88 Å². The lowest BCUT2D eigenvalue weighted by Gasteiger charge is -2.14. The van der Waals surface area contributed by atoms with Gasteiger partial charge in [-0.25, -0.2) is 14.4 Å². The summed E-state index contributed by atoms with van der Waals surface area (Å²) in [5, 5.41) is 8.35. The van der Waals surface area contributed by atoms with Gasteiger partial charge in [-0.15, -0.1) is 0 Å². The fourth-order valence-electron chi connectivity index (χ4n) is 5.70. The molecule has 6 aromatic rings. The van der Waals surface area contributed by atoms with Crippen molar-refractivity contribution in [3.05, 3.63) is 78.1 Å². The van der Waals surface area contributed by atoms with Crippen molar-refractivity contribution in [1.82, 2.24) is 40.0 Å². The number of aromatic amines is 2. The average Bonchev–Trinajstić information content (AvgIpc) is 3.72. The number of fused-ring (bicyclic) bond motifs is 2. The van der Waals surface area contributed by atoms with Crippen molar-refractivity contribution in [3.63, 3.8) is 0 Å². The van der Waals surface area contributed by atoms with E-state index in [4.69, 9.17) is 4.98 Å². The molecule has 9 heteroatoms. The van der Waals surface area contributed by atoms with E-state index >= 15 is 0 Å². The number of halogens is 1. The summed E-state index contributed by atoms with van der Waals surface area (Å²) < 4.78 is 14.8. The summed E-state index contributed by atoms with van der Waals surface area (Å²) in [6.07, 6.45) is 11.6. The Bertz CT molecular complexity index is 1830. The van der Waals surface area contributed by atoms with Crippen molar-refractivity contribution in [1.29, 1.82) is 0 Å². The van der Waals surface area contributed by atoms with Gasteiger partial charge in [-0.3, -0.25) is 15.1 Å². The molecule has 0 unspecified atom stereocenters. The Kier molecular flexibility index (Phi) is 6.28. The molecule has 0 atom stereocenters. The number of pyridine rings is 3. The minimum Gasteiger partial charge on any atom is -0.337 e. The number of hydrogen-bond donors (Lipinski definition) is 2. The first kappa shape index (κ1) is 24.5. The van der Waals surface area contributed by atoms with Crippen molar-refractivity contribution in [2.75, 3.05) is 19.6 Å². The summed E-state index contributed by atoms with van der Waals surface area (Å²) in [7, 11) is 0. The van der Waals surface area contributed by atoms with E-state index in [1.807, 2.05) is 30.6 Å². The van der Waals surface area contributed by atoms with E-state index in [2.05, 4.69) is 48.0 Å². The third-order valence-electron chi connectivity index (χ3n) is 7.77. The van der Waals surface area contributed by atoms with E-state index < -0.39 is 0 Å². The highest BCUT2D eigenvalue weighted by atomic mass is 19.1. The Morgan fingerprint density at radius 2 is 1.88 bits per heavy atom. The molecule has 1 aliphatic rings. The van der Waals surface area contributed by atoms with E-state index in [1.165, 1.54) is 32.0 Å². The lowest BCUT2D eigenvalue weighted by atomic mass is 10.0. The number of likely N-dealkylation sites (tertiary alicyclic amines) is 1. The maximum atomic E-state index is 14.8. The molecule has 200 valence electrons. The summed E-state index contributed by atoms with van der Waals surface area (Å²) in [6, 6.07) is 11.1. The second kappa shape index (κ2) is 10.2. The van der Waals surface area contributed by atoms with Crippen LogP contribution in [0.4, 0.5) is 4.39 Å². The molecule has 7 rings (SSSR count). The number of H-pyrrole nitrogens is 2. The molecule has 1 aliphatic heterocycles. The number of hydrogen-bond acceptors (Lipinski definition) is 6. The zero-order valence-corrected chi connectivity index (χ0v) is 22.3. The first-order valence-electron chi connectivity index (χ1n) is 13.7. The van der Waals surface area contributed by atoms with Gasteiger partial charge in [0.05, 0.1) is 16.6 Å². The van der Waals surface area contributed by atoms with E-state index in [1.54, 1.807) is 18.5 Å². The molecule has 1 saturated heterocycles. The second-order valence-corrected chi connectivity index (χ2v) is 10.5. The maximum absolute atomic E-state index is 14.8. The molecular formula is C31H29FN8. The first-order chi connectivity index (χ1) is 19.6. The Morgan fingerprint density at radius 1 is 0.975 bits per heavy atom. The standard InChI is InChI=1S/C31H29FN8/c1-19-6-8-33-18-25(19)22-16-24-28(38-39-30(24)35-17-22)31-36-26-7-9-34-27(29(26)37-31)21-13-20(14-23(32)15-21)5-4-12-40-10-2-3-11-40/h6-9,13-18H,2-5,10-12H2,1H3,(H,36,37)(H,35,38,39). The van der Waals surface area contributed by atoms with Crippen LogP contribution in [0.1, 0.15) is 30.4 Å². The number of aryl methyl sites for hydroxylation is 2. The van der Waals surface area contributed by atoms with Crippen LogP contribution in [0.2, 0.25) is 0 Å². The average molecular weight is 533 g/mol. The number of rotatable bonds is 7. The number of nitrogens with one attached hydrogen (secondary N) is 2. The van der Waals surface area contributed by atoms with Crippen LogP contribution in [0.3, 0.4) is 0 Å². The predicted octanol–water partition coefficient (Wildman–Crippen LogP) is 6.10. The molecule has 8 nitrogen and oxygen atoms in total. The Morgan fingerprint density at radius 3 is 2.75 bits per heavy atom. The van der Waals surface area contributed by atoms with Gasteiger partial charge in [0.15, 0.2) is 11.5 Å². The van der Waals surface area contributed by atoms with Gasteiger partial charge in [0, 0.05) is 41.5 Å². The quantitative estimate of drug-likeness (QED) is 0.258. The number of imidazole rings is 1. The third kappa shape index (κ3) is 4.62. The lowest BCUT2D eigenvalue weighted by molar-refractivity contribution is 0.334. The molecule has 0 saturated carbocycles. The molecule has 0 spiro atoms. The van der Waals surface area contributed by atoms with E-state index in [0.29, 0.717) is 22.7 Å². The lowest BCUT2D eigenvalue weighted by Crippen LogP contribution is -2.20. The number of benzene rings is 1. The summed E-state index contributed by atoms with van der Waals surface area (Å²) in [5.74, 6) is 0.364. The van der Waals surface area contributed by atoms with E-state index in [0.717, 1.165) is 63.8 Å². The van der Waals surface area contributed by atoms with Gasteiger partial charge >= 0.3 is 0 Å². The molecule has 0 amide bonds. The normalized spacial score (nSPS) is 14.1. The molecule has 0 aliphatic carbocycles. The Labute approximate surface area is 230 Å². The van der Waals surface area contributed by atoms with Gasteiger partial charge in [0.2, 0.25) is 0 Å². The molecule has 40 heavy (non-hydrogen) atoms. The van der Waals surface area contributed by atoms with Crippen LogP contribution in [0, 0.1) is 12.7 Å². The van der Waals surface area contributed by atoms with Crippen LogP contribution in [0.15, 0.2) is 61.2 Å². The molecular weight excluding hydrogens is 503 g/mol. The minimum absolute atomic E-state index is 0.257. The molecule has 6 heterocycles. The topological polar surface area (TPSA) is 99.3 Å².